The molecule has 1 aliphatic heterocycles. The predicted molar refractivity (Wildman–Crippen MR) is 104 cm³/mol. The summed E-state index contributed by atoms with van der Waals surface area (Å²) in [4.78, 5) is 34.6. The van der Waals surface area contributed by atoms with Crippen LogP contribution in [0.3, 0.4) is 0 Å². The lowest BCUT2D eigenvalue weighted by atomic mass is 10.1. The number of hydrogen-bond donors (Lipinski definition) is 3. The maximum absolute atomic E-state index is 13.0. The highest BCUT2D eigenvalue weighted by atomic mass is 19.4. The van der Waals surface area contributed by atoms with E-state index in [0.29, 0.717) is 32.0 Å². The van der Waals surface area contributed by atoms with Crippen molar-refractivity contribution in [3.05, 3.63) is 59.4 Å². The zero-order valence-electron chi connectivity index (χ0n) is 16.4. The molecule has 172 valence electrons. The minimum Gasteiger partial charge on any atom is -0.478 e. The second kappa shape index (κ2) is 10.6. The molecule has 0 radical (unpaired) electrons. The topological polar surface area (TPSA) is 116 Å². The fourth-order valence-electron chi connectivity index (χ4n) is 2.64. The molecule has 8 nitrogen and oxygen atoms in total. The number of benzene rings is 2. The Kier molecular flexibility index (Phi) is 8.13. The Bertz CT molecular complexity index is 973. The van der Waals surface area contributed by atoms with Crippen molar-refractivity contribution in [2.45, 2.75) is 6.18 Å². The molecule has 1 fully saturated rings. The van der Waals surface area contributed by atoms with Crippen molar-refractivity contribution in [1.29, 1.82) is 0 Å². The van der Waals surface area contributed by atoms with Crippen LogP contribution in [0, 0.1) is 5.82 Å². The monoisotopic (exact) mass is 458 g/mol. The Morgan fingerprint density at radius 2 is 1.47 bits per heavy atom. The average molecular weight is 458 g/mol. The molecule has 1 aliphatic rings. The minimum absolute atomic E-state index is 0.0754. The van der Waals surface area contributed by atoms with Crippen LogP contribution >= 0.6 is 0 Å². The normalized spacial score (nSPS) is 13.6. The van der Waals surface area contributed by atoms with Crippen molar-refractivity contribution < 1.29 is 46.9 Å². The first kappa shape index (κ1) is 24.6. The fraction of sp³-hybridized carbons (Fsp3) is 0.250. The number of aromatic carboxylic acids is 1. The molecular weight excluding hydrogens is 440 g/mol. The smallest absolute Gasteiger partial charge is 0.478 e. The Morgan fingerprint density at radius 3 is 1.97 bits per heavy atom. The number of carboxylic acids is 2. The molecule has 0 aliphatic carbocycles. The third kappa shape index (κ3) is 6.94. The zero-order valence-corrected chi connectivity index (χ0v) is 16.4. The molecule has 1 amide bonds. The van der Waals surface area contributed by atoms with Crippen LogP contribution in [0.4, 0.5) is 28.9 Å². The van der Waals surface area contributed by atoms with Crippen LogP contribution in [-0.2, 0) is 9.53 Å². The highest BCUT2D eigenvalue weighted by molar-refractivity contribution is 6.06. The SMILES string of the molecule is O=C(O)C(F)(F)F.O=C(O)c1ccc(N2CCOCC2)c(NC(=O)c2ccc(F)cc2)c1. The molecular formula is C20H18F4N2O6. The first-order chi connectivity index (χ1) is 15.0. The van der Waals surface area contributed by atoms with Gasteiger partial charge in [-0.15, -0.1) is 0 Å². The van der Waals surface area contributed by atoms with E-state index in [4.69, 9.17) is 14.6 Å². The van der Waals surface area contributed by atoms with Gasteiger partial charge in [0.1, 0.15) is 5.82 Å². The Morgan fingerprint density at radius 1 is 0.938 bits per heavy atom. The van der Waals surface area contributed by atoms with Crippen LogP contribution in [0.2, 0.25) is 0 Å². The molecule has 2 aromatic carbocycles. The van der Waals surface area contributed by atoms with E-state index in [1.54, 1.807) is 6.07 Å². The Balaban J connectivity index is 0.000000451. The number of halogens is 4. The molecule has 2 aromatic rings. The van der Waals surface area contributed by atoms with Crippen molar-refractivity contribution in [3.8, 4) is 0 Å². The van der Waals surface area contributed by atoms with Gasteiger partial charge in [0.05, 0.1) is 30.2 Å². The van der Waals surface area contributed by atoms with Crippen LogP contribution in [0.15, 0.2) is 42.5 Å². The van der Waals surface area contributed by atoms with Crippen molar-refractivity contribution in [2.24, 2.45) is 0 Å². The lowest BCUT2D eigenvalue weighted by Gasteiger charge is -2.30. The summed E-state index contributed by atoms with van der Waals surface area (Å²) in [7, 11) is 0. The number of carbonyl (C=O) groups is 3. The number of aliphatic carboxylic acids is 1. The number of anilines is 2. The summed E-state index contributed by atoms with van der Waals surface area (Å²) in [5.41, 5.74) is 1.49. The summed E-state index contributed by atoms with van der Waals surface area (Å²) >= 11 is 0. The number of alkyl halides is 3. The van der Waals surface area contributed by atoms with Crippen LogP contribution in [0.5, 0.6) is 0 Å². The third-order valence-electron chi connectivity index (χ3n) is 4.19. The number of ether oxygens (including phenoxy) is 1. The fourth-order valence-corrected chi connectivity index (χ4v) is 2.64. The molecule has 0 saturated carbocycles. The van der Waals surface area contributed by atoms with Gasteiger partial charge < -0.3 is 25.2 Å². The summed E-state index contributed by atoms with van der Waals surface area (Å²) in [5, 5.41) is 19.1. The minimum atomic E-state index is -5.08. The predicted octanol–water partition coefficient (Wildman–Crippen LogP) is 3.25. The molecule has 0 aromatic heterocycles. The van der Waals surface area contributed by atoms with Gasteiger partial charge in [0.15, 0.2) is 0 Å². The van der Waals surface area contributed by atoms with Gasteiger partial charge in [-0.25, -0.2) is 14.0 Å². The molecule has 3 N–H and O–H groups in total. The molecule has 0 spiro atoms. The number of morpholine rings is 1. The van der Waals surface area contributed by atoms with Gasteiger partial charge in [0, 0.05) is 18.7 Å². The maximum atomic E-state index is 13.0. The van der Waals surface area contributed by atoms with Crippen molar-refractivity contribution in [1.82, 2.24) is 0 Å². The number of nitrogens with zero attached hydrogens (tertiary/aromatic N) is 1. The number of hydrogen-bond acceptors (Lipinski definition) is 5. The van der Waals surface area contributed by atoms with Crippen molar-refractivity contribution in [2.75, 3.05) is 36.5 Å². The molecule has 1 saturated heterocycles. The van der Waals surface area contributed by atoms with Gasteiger partial charge >= 0.3 is 18.1 Å². The van der Waals surface area contributed by atoms with Crippen molar-refractivity contribution >= 4 is 29.2 Å². The van der Waals surface area contributed by atoms with E-state index in [9.17, 15) is 32.3 Å². The molecule has 32 heavy (non-hydrogen) atoms. The standard InChI is InChI=1S/C18H17FN2O4.C2HF3O2/c19-14-4-1-12(2-5-14)17(22)20-15-11-13(18(23)24)3-6-16(15)21-7-9-25-10-8-21;3-2(4,5)1(6)7/h1-6,11H,7-10H2,(H,20,22)(H,23,24);(H,6,7). The van der Waals surface area contributed by atoms with Crippen LogP contribution in [-0.4, -0.2) is 60.5 Å². The van der Waals surface area contributed by atoms with E-state index >= 15 is 0 Å². The van der Waals surface area contributed by atoms with Gasteiger partial charge in [-0.2, -0.15) is 13.2 Å². The molecule has 3 rings (SSSR count). The summed E-state index contributed by atoms with van der Waals surface area (Å²) in [6, 6.07) is 9.75. The first-order valence-electron chi connectivity index (χ1n) is 9.06. The summed E-state index contributed by atoms with van der Waals surface area (Å²) in [6.07, 6.45) is -5.08. The van der Waals surface area contributed by atoms with Gasteiger partial charge in [0.25, 0.3) is 5.91 Å². The second-order valence-electron chi connectivity index (χ2n) is 6.40. The summed E-state index contributed by atoms with van der Waals surface area (Å²) in [6.45, 7) is 2.41. The number of rotatable bonds is 4. The maximum Gasteiger partial charge on any atom is 0.490 e. The molecule has 0 unspecified atom stereocenters. The lowest BCUT2D eigenvalue weighted by Crippen LogP contribution is -2.36. The van der Waals surface area contributed by atoms with E-state index in [1.165, 1.54) is 36.4 Å². The zero-order chi connectivity index (χ0) is 23.9. The lowest BCUT2D eigenvalue weighted by molar-refractivity contribution is -0.192. The van der Waals surface area contributed by atoms with E-state index in [2.05, 4.69) is 5.32 Å². The van der Waals surface area contributed by atoms with E-state index in [-0.39, 0.29) is 11.1 Å². The van der Waals surface area contributed by atoms with Gasteiger partial charge in [-0.05, 0) is 42.5 Å². The quantitative estimate of drug-likeness (QED) is 0.603. The van der Waals surface area contributed by atoms with Gasteiger partial charge in [0.2, 0.25) is 0 Å². The molecule has 0 bridgehead atoms. The second-order valence-corrected chi connectivity index (χ2v) is 6.40. The molecule has 1 heterocycles. The van der Waals surface area contributed by atoms with E-state index < -0.39 is 29.8 Å². The van der Waals surface area contributed by atoms with E-state index in [0.717, 1.165) is 5.69 Å². The highest BCUT2D eigenvalue weighted by Gasteiger charge is 2.38. The summed E-state index contributed by atoms with van der Waals surface area (Å²) < 4.78 is 50.1. The number of carbonyl (C=O) groups excluding carboxylic acids is 1. The van der Waals surface area contributed by atoms with Gasteiger partial charge in [-0.1, -0.05) is 0 Å². The van der Waals surface area contributed by atoms with Gasteiger partial charge in [-0.3, -0.25) is 4.79 Å². The first-order valence-corrected chi connectivity index (χ1v) is 9.06. The van der Waals surface area contributed by atoms with Crippen molar-refractivity contribution in [3.63, 3.8) is 0 Å². The Hall–Kier alpha value is -3.67. The third-order valence-corrected chi connectivity index (χ3v) is 4.19. The average Bonchev–Trinajstić information content (AvgIpc) is 2.74. The number of carboxylic acid groups (broad SMARTS) is 2. The van der Waals surface area contributed by atoms with Crippen LogP contribution in [0.1, 0.15) is 20.7 Å². The summed E-state index contributed by atoms with van der Waals surface area (Å²) in [5.74, 6) is -4.70. The molecule has 0 atom stereocenters. The Labute approximate surface area is 179 Å². The van der Waals surface area contributed by atoms with Crippen LogP contribution in [0.25, 0.3) is 0 Å². The molecule has 12 heteroatoms. The number of nitrogens with one attached hydrogen (secondary N) is 1. The largest absolute Gasteiger partial charge is 0.490 e. The number of amides is 1. The van der Waals surface area contributed by atoms with E-state index in [1.807, 2.05) is 4.90 Å². The van der Waals surface area contributed by atoms with Crippen LogP contribution < -0.4 is 10.2 Å². The highest BCUT2D eigenvalue weighted by Crippen LogP contribution is 2.28.